The number of amides is 4. The van der Waals surface area contributed by atoms with Crippen molar-refractivity contribution in [1.29, 1.82) is 0 Å². The van der Waals surface area contributed by atoms with E-state index >= 15 is 0 Å². The van der Waals surface area contributed by atoms with Crippen molar-refractivity contribution in [2.45, 2.75) is 38.3 Å². The van der Waals surface area contributed by atoms with Crippen molar-refractivity contribution in [2.75, 3.05) is 39.3 Å². The van der Waals surface area contributed by atoms with Crippen LogP contribution in [0.5, 0.6) is 0 Å². The van der Waals surface area contributed by atoms with Crippen LogP contribution in [0.15, 0.2) is 30.3 Å². The van der Waals surface area contributed by atoms with Crippen LogP contribution in [0, 0.1) is 0 Å². The van der Waals surface area contributed by atoms with Gasteiger partial charge in [0.05, 0.1) is 17.7 Å². The molecule has 0 spiro atoms. The Bertz CT molecular complexity index is 1370. The van der Waals surface area contributed by atoms with Gasteiger partial charge in [-0.15, -0.1) is 0 Å². The third kappa shape index (κ3) is 6.53. The van der Waals surface area contributed by atoms with Gasteiger partial charge in [0.1, 0.15) is 17.8 Å². The van der Waals surface area contributed by atoms with E-state index in [1.807, 2.05) is 0 Å². The molecule has 2 fully saturated rings. The summed E-state index contributed by atoms with van der Waals surface area (Å²) < 4.78 is 4.99. The van der Waals surface area contributed by atoms with Gasteiger partial charge >= 0.3 is 18.0 Å². The Balaban J connectivity index is 1.55. The highest BCUT2D eigenvalue weighted by Crippen LogP contribution is 2.26. The first-order chi connectivity index (χ1) is 19.6. The van der Waals surface area contributed by atoms with E-state index in [9.17, 15) is 39.0 Å². The molecule has 218 valence electrons. The largest absolute Gasteiger partial charge is 0.481 e. The zero-order valence-electron chi connectivity index (χ0n) is 22.4. The van der Waals surface area contributed by atoms with E-state index in [1.165, 1.54) is 20.8 Å². The molecule has 4 amide bonds. The van der Waals surface area contributed by atoms with Crippen molar-refractivity contribution in [3.63, 3.8) is 0 Å². The van der Waals surface area contributed by atoms with Gasteiger partial charge in [-0.3, -0.25) is 19.2 Å². The number of aliphatic carboxylic acids is 2. The molecule has 2 saturated heterocycles. The molecule has 3 N–H and O–H groups in total. The predicted octanol–water partition coefficient (Wildman–Crippen LogP) is 0.798. The summed E-state index contributed by atoms with van der Waals surface area (Å²) >= 11 is 0. The number of likely N-dealkylation sites (tertiary alicyclic amines) is 1. The molecule has 4 rings (SSSR count). The minimum absolute atomic E-state index is 0.0928. The fraction of sp³-hybridized carbons (Fsp3) is 0.444. The van der Waals surface area contributed by atoms with Gasteiger partial charge < -0.3 is 35.0 Å². The highest BCUT2D eigenvalue weighted by molar-refractivity contribution is 6.10. The molecule has 3 heterocycles. The minimum Gasteiger partial charge on any atom is -0.481 e. The van der Waals surface area contributed by atoms with Gasteiger partial charge in [-0.1, -0.05) is 18.2 Å². The number of fused-ring (bicyclic) bond motifs is 1. The van der Waals surface area contributed by atoms with Crippen molar-refractivity contribution < 1.29 is 43.7 Å². The average Bonchev–Trinajstić information content (AvgIpc) is 2.93. The van der Waals surface area contributed by atoms with Gasteiger partial charge in [-0.2, -0.15) is 0 Å². The fourth-order valence-electron chi connectivity index (χ4n) is 4.81. The highest BCUT2D eigenvalue weighted by Gasteiger charge is 2.39. The predicted molar refractivity (Wildman–Crippen MR) is 142 cm³/mol. The Morgan fingerprint density at radius 3 is 2.32 bits per heavy atom. The maximum absolute atomic E-state index is 13.4. The Morgan fingerprint density at radius 2 is 1.71 bits per heavy atom. The number of benzene rings is 1. The number of carbonyl (C=O) groups is 6. The van der Waals surface area contributed by atoms with Gasteiger partial charge in [0, 0.05) is 44.5 Å². The maximum Gasteiger partial charge on any atom is 0.409 e. The van der Waals surface area contributed by atoms with Crippen molar-refractivity contribution in [3.8, 4) is 0 Å². The summed E-state index contributed by atoms with van der Waals surface area (Å²) in [5.74, 6) is -4.14. The number of hydrogen-bond acceptors (Lipinski definition) is 8. The van der Waals surface area contributed by atoms with Crippen molar-refractivity contribution in [2.24, 2.45) is 0 Å². The molecular weight excluding hydrogens is 538 g/mol. The number of carbonyl (C=O) groups excluding carboxylic acids is 4. The molecule has 14 heteroatoms. The topological polar surface area (TPSA) is 187 Å². The van der Waals surface area contributed by atoms with Gasteiger partial charge in [0.25, 0.3) is 11.8 Å². The second-order valence-electron chi connectivity index (χ2n) is 9.68. The van der Waals surface area contributed by atoms with Gasteiger partial charge in [-0.25, -0.2) is 14.6 Å². The van der Waals surface area contributed by atoms with Crippen molar-refractivity contribution in [1.82, 2.24) is 25.0 Å². The molecule has 0 bridgehead atoms. The Morgan fingerprint density at radius 1 is 1.02 bits per heavy atom. The van der Waals surface area contributed by atoms with Crippen LogP contribution in [0.3, 0.4) is 0 Å². The number of hydrogen-bond donors (Lipinski definition) is 3. The molecule has 2 unspecified atom stereocenters. The molecule has 2 aliphatic rings. The molecule has 2 aliphatic heterocycles. The molecule has 2 aromatic rings. The monoisotopic (exact) mass is 569 g/mol. The average molecular weight is 570 g/mol. The lowest BCUT2D eigenvalue weighted by molar-refractivity contribution is -0.146. The van der Waals surface area contributed by atoms with E-state index in [-0.39, 0.29) is 63.4 Å². The van der Waals surface area contributed by atoms with E-state index in [0.717, 1.165) is 0 Å². The van der Waals surface area contributed by atoms with Crippen molar-refractivity contribution in [3.05, 3.63) is 41.6 Å². The Hall–Kier alpha value is -4.75. The molecule has 2 atom stereocenters. The second-order valence-corrected chi connectivity index (χ2v) is 9.68. The van der Waals surface area contributed by atoms with Crippen LogP contribution in [-0.2, 0) is 19.1 Å². The van der Waals surface area contributed by atoms with Crippen LogP contribution >= 0.6 is 0 Å². The number of nitrogens with one attached hydrogen (secondary N) is 1. The minimum atomic E-state index is -1.20. The molecule has 41 heavy (non-hydrogen) atoms. The third-order valence-corrected chi connectivity index (χ3v) is 7.11. The molecule has 0 saturated carbocycles. The van der Waals surface area contributed by atoms with E-state index in [1.54, 1.807) is 31.2 Å². The van der Waals surface area contributed by atoms with Crippen LogP contribution in [0.25, 0.3) is 10.9 Å². The number of para-hydroxylation sites is 1. The third-order valence-electron chi connectivity index (χ3n) is 7.11. The first-order valence-corrected chi connectivity index (χ1v) is 13.3. The SMILES string of the molecule is CCOC(=O)N1CCN(C(=O)C(CCC(=O)O)NC(=O)c2cc(C(=O)N3CCC3C(=O)O)c3ccccc3n2)CC1. The normalized spacial score (nSPS) is 17.4. The summed E-state index contributed by atoms with van der Waals surface area (Å²) in [5.41, 5.74) is 0.231. The lowest BCUT2D eigenvalue weighted by Gasteiger charge is -2.38. The first kappa shape index (κ1) is 29.2. The molecule has 14 nitrogen and oxygen atoms in total. The maximum atomic E-state index is 13.4. The van der Waals surface area contributed by atoms with E-state index < -0.39 is 47.8 Å². The molecular formula is C27H31N5O9. The van der Waals surface area contributed by atoms with Crippen LogP contribution in [0.1, 0.15) is 47.0 Å². The Labute approximate surface area is 234 Å². The lowest BCUT2D eigenvalue weighted by Crippen LogP contribution is -2.56. The quantitative estimate of drug-likeness (QED) is 0.390. The van der Waals surface area contributed by atoms with Gasteiger partial charge in [-0.05, 0) is 31.9 Å². The zero-order chi connectivity index (χ0) is 29.7. The summed E-state index contributed by atoms with van der Waals surface area (Å²) in [7, 11) is 0. The second kappa shape index (κ2) is 12.6. The van der Waals surface area contributed by atoms with E-state index in [2.05, 4.69) is 10.3 Å². The van der Waals surface area contributed by atoms with Crippen LogP contribution < -0.4 is 5.32 Å². The first-order valence-electron chi connectivity index (χ1n) is 13.3. The number of piperazine rings is 1. The number of carboxylic acids is 2. The van der Waals surface area contributed by atoms with Crippen LogP contribution in [-0.4, -0.2) is 117 Å². The standard InChI is InChI=1S/C27H31N5O9/c1-2-41-27(40)31-13-11-30(12-14-31)25(37)19(7-8-22(33)34)29-23(35)20-15-17(16-5-3-4-6-18(16)28-20)24(36)32-10-9-21(32)26(38)39/h3-6,15,19,21H,2,7-14H2,1H3,(H,29,35)(H,33,34)(H,38,39). The molecule has 0 aliphatic carbocycles. The lowest BCUT2D eigenvalue weighted by atomic mass is 9.99. The van der Waals surface area contributed by atoms with Gasteiger partial charge in [0.15, 0.2) is 0 Å². The van der Waals surface area contributed by atoms with Crippen LogP contribution in [0.4, 0.5) is 4.79 Å². The van der Waals surface area contributed by atoms with Crippen LogP contribution in [0.2, 0.25) is 0 Å². The zero-order valence-corrected chi connectivity index (χ0v) is 22.4. The number of nitrogens with zero attached hydrogens (tertiary/aromatic N) is 4. The van der Waals surface area contributed by atoms with E-state index in [4.69, 9.17) is 4.74 Å². The van der Waals surface area contributed by atoms with E-state index in [0.29, 0.717) is 17.3 Å². The summed E-state index contributed by atoms with van der Waals surface area (Å²) in [5, 5.41) is 21.6. The Kier molecular flexibility index (Phi) is 9.00. The number of pyridine rings is 1. The highest BCUT2D eigenvalue weighted by atomic mass is 16.6. The number of ether oxygens (including phenoxy) is 1. The number of rotatable bonds is 9. The summed E-state index contributed by atoms with van der Waals surface area (Å²) in [6.07, 6.45) is -0.750. The molecule has 1 aromatic carbocycles. The molecule has 0 radical (unpaired) electrons. The number of aromatic nitrogens is 1. The summed E-state index contributed by atoms with van der Waals surface area (Å²) in [6.45, 7) is 2.94. The fourth-order valence-corrected chi connectivity index (χ4v) is 4.81. The smallest absolute Gasteiger partial charge is 0.409 e. The van der Waals surface area contributed by atoms with Crippen molar-refractivity contribution >= 4 is 46.7 Å². The number of carboxylic acid groups (broad SMARTS) is 2. The molecule has 1 aromatic heterocycles. The summed E-state index contributed by atoms with van der Waals surface area (Å²) in [6, 6.07) is 5.69. The summed E-state index contributed by atoms with van der Waals surface area (Å²) in [4.78, 5) is 83.2. The van der Waals surface area contributed by atoms with Gasteiger partial charge in [0.2, 0.25) is 5.91 Å².